The van der Waals surface area contributed by atoms with Crippen LogP contribution in [0.5, 0.6) is 11.5 Å². The van der Waals surface area contributed by atoms with Gasteiger partial charge in [-0.15, -0.1) is 13.2 Å². The summed E-state index contributed by atoms with van der Waals surface area (Å²) in [5.41, 5.74) is 3.98. The third kappa shape index (κ3) is 11.8. The molecule has 0 aliphatic heterocycles. The minimum Gasteiger partial charge on any atom is -0.494 e. The molecule has 6 nitrogen and oxygen atoms in total. The number of hydrogen-bond donors (Lipinski definition) is 0. The van der Waals surface area contributed by atoms with Crippen molar-refractivity contribution in [3.8, 4) is 22.6 Å². The molecule has 0 aromatic heterocycles. The summed E-state index contributed by atoms with van der Waals surface area (Å²) in [5.74, 6) is 1.15. The van der Waals surface area contributed by atoms with Crippen molar-refractivity contribution in [2.24, 2.45) is 0 Å². The second kappa shape index (κ2) is 16.5. The van der Waals surface area contributed by atoms with Gasteiger partial charge < -0.3 is 14.2 Å². The fraction of sp³-hybridized carbons (Fsp3) is 0.613. The van der Waals surface area contributed by atoms with E-state index >= 15 is 0 Å². The molecule has 0 spiro atoms. The van der Waals surface area contributed by atoms with Crippen LogP contribution in [-0.2, 0) is 25.4 Å². The molecule has 50 heavy (non-hydrogen) atoms. The van der Waals surface area contributed by atoms with Crippen molar-refractivity contribution < 1.29 is 85.5 Å². The first kappa shape index (κ1) is 41.4. The lowest BCUT2D eigenvalue weighted by atomic mass is 10.1. The SMILES string of the molecule is CCCCCCCCOc1ccc2c(c1)Cc1cc(OCCCOCC(F)(F)OC(F)(F)C(F)(F)OC(F)(F)C(F)(F)OC(F)(F)F)ccc1-2. The molecule has 0 bridgehead atoms. The van der Waals surface area contributed by atoms with E-state index in [4.69, 9.17) is 9.47 Å². The summed E-state index contributed by atoms with van der Waals surface area (Å²) >= 11 is 0. The van der Waals surface area contributed by atoms with Crippen LogP contribution in [0.25, 0.3) is 11.1 Å². The molecule has 0 atom stereocenters. The summed E-state index contributed by atoms with van der Waals surface area (Å²) in [4.78, 5) is 0. The van der Waals surface area contributed by atoms with E-state index in [1.165, 1.54) is 25.7 Å². The molecule has 3 rings (SSSR count). The standard InChI is InChI=1S/C31H33F13O6/c1-2-3-4-5-6-7-14-46-22-9-11-24-20(17-22)16-21-18-23(10-12-25(21)24)47-15-8-13-45-19-26(32,33)48-27(34,35)28(36,37)49-29(38,39)30(40,41)50-31(42,43)44/h9-12,17-18H,2-8,13-16,19H2,1H3. The molecule has 0 radical (unpaired) electrons. The minimum absolute atomic E-state index is 0.150. The van der Waals surface area contributed by atoms with E-state index in [1.807, 2.05) is 29.0 Å². The molecule has 1 aliphatic rings. The summed E-state index contributed by atoms with van der Waals surface area (Å²) in [6, 6.07) is 11.0. The lowest BCUT2D eigenvalue weighted by Gasteiger charge is -2.33. The van der Waals surface area contributed by atoms with E-state index in [0.29, 0.717) is 18.8 Å². The van der Waals surface area contributed by atoms with Gasteiger partial charge in [-0.3, -0.25) is 0 Å². The van der Waals surface area contributed by atoms with Gasteiger partial charge in [0.05, 0.1) is 19.8 Å². The first-order chi connectivity index (χ1) is 23.1. The van der Waals surface area contributed by atoms with Gasteiger partial charge in [0.15, 0.2) is 0 Å². The van der Waals surface area contributed by atoms with Gasteiger partial charge in [0.1, 0.15) is 18.1 Å². The van der Waals surface area contributed by atoms with Gasteiger partial charge in [0.2, 0.25) is 0 Å². The normalized spacial score (nSPS) is 14.1. The fourth-order valence-corrected chi connectivity index (χ4v) is 4.72. The number of fused-ring (bicyclic) bond motifs is 3. The molecule has 19 heteroatoms. The highest BCUT2D eigenvalue weighted by Crippen LogP contribution is 2.48. The summed E-state index contributed by atoms with van der Waals surface area (Å²) in [5, 5.41) is 0. The highest BCUT2D eigenvalue weighted by Gasteiger charge is 2.74. The van der Waals surface area contributed by atoms with Crippen LogP contribution in [0.3, 0.4) is 0 Å². The van der Waals surface area contributed by atoms with Crippen LogP contribution in [0.1, 0.15) is 63.0 Å². The molecular formula is C31H33F13O6. The average Bonchev–Trinajstić information content (AvgIpc) is 3.33. The van der Waals surface area contributed by atoms with Crippen molar-refractivity contribution in [1.29, 1.82) is 0 Å². The van der Waals surface area contributed by atoms with Gasteiger partial charge in [0, 0.05) is 6.42 Å². The fourth-order valence-electron chi connectivity index (χ4n) is 4.72. The van der Waals surface area contributed by atoms with Crippen LogP contribution in [0.15, 0.2) is 36.4 Å². The molecule has 0 heterocycles. The highest BCUT2D eigenvalue weighted by molar-refractivity contribution is 5.78. The van der Waals surface area contributed by atoms with Crippen LogP contribution in [0, 0.1) is 0 Å². The van der Waals surface area contributed by atoms with Crippen molar-refractivity contribution in [2.45, 2.75) is 95.2 Å². The van der Waals surface area contributed by atoms with Crippen molar-refractivity contribution >= 4 is 0 Å². The lowest BCUT2D eigenvalue weighted by molar-refractivity contribution is -0.564. The first-order valence-corrected chi connectivity index (χ1v) is 15.2. The van der Waals surface area contributed by atoms with Gasteiger partial charge in [-0.2, -0.15) is 43.9 Å². The number of benzene rings is 2. The highest BCUT2D eigenvalue weighted by atomic mass is 19.4. The zero-order valence-corrected chi connectivity index (χ0v) is 26.3. The van der Waals surface area contributed by atoms with E-state index in [2.05, 4.69) is 16.4 Å². The molecule has 0 saturated carbocycles. The average molecular weight is 749 g/mol. The van der Waals surface area contributed by atoms with Crippen molar-refractivity contribution in [3.63, 3.8) is 0 Å². The third-order valence-electron chi connectivity index (χ3n) is 7.02. The maximum Gasteiger partial charge on any atom is 0.527 e. The van der Waals surface area contributed by atoms with Gasteiger partial charge in [-0.05, 0) is 59.4 Å². The molecule has 0 amide bonds. The maximum absolute atomic E-state index is 13.7. The Morgan fingerprint density at radius 3 is 1.50 bits per heavy atom. The Morgan fingerprint density at radius 2 is 0.980 bits per heavy atom. The monoisotopic (exact) mass is 748 g/mol. The molecular weight excluding hydrogens is 715 g/mol. The van der Waals surface area contributed by atoms with Crippen molar-refractivity contribution in [1.82, 2.24) is 0 Å². The second-order valence-corrected chi connectivity index (χ2v) is 11.1. The summed E-state index contributed by atoms with van der Waals surface area (Å²) in [6.45, 7) is -0.192. The van der Waals surface area contributed by atoms with Gasteiger partial charge in [-0.25, -0.2) is 14.2 Å². The Kier molecular flexibility index (Phi) is 13.7. The number of rotatable bonds is 22. The van der Waals surface area contributed by atoms with E-state index in [1.54, 1.807) is 16.9 Å². The summed E-state index contributed by atoms with van der Waals surface area (Å²) in [6.07, 6.45) is -32.5. The molecule has 1 aliphatic carbocycles. The van der Waals surface area contributed by atoms with E-state index in [9.17, 15) is 57.1 Å². The number of ether oxygens (including phenoxy) is 6. The van der Waals surface area contributed by atoms with Gasteiger partial charge in [-0.1, -0.05) is 51.2 Å². The molecule has 0 unspecified atom stereocenters. The Morgan fingerprint density at radius 1 is 0.520 bits per heavy atom. The zero-order valence-electron chi connectivity index (χ0n) is 26.3. The topological polar surface area (TPSA) is 55.4 Å². The van der Waals surface area contributed by atoms with E-state index in [-0.39, 0.29) is 13.0 Å². The van der Waals surface area contributed by atoms with Crippen LogP contribution >= 0.6 is 0 Å². The van der Waals surface area contributed by atoms with Gasteiger partial charge in [0.25, 0.3) is 0 Å². The maximum atomic E-state index is 13.7. The van der Waals surface area contributed by atoms with Gasteiger partial charge >= 0.3 is 36.9 Å². The molecule has 0 saturated heterocycles. The van der Waals surface area contributed by atoms with Crippen LogP contribution < -0.4 is 9.47 Å². The number of halogens is 13. The van der Waals surface area contributed by atoms with Crippen LogP contribution in [0.2, 0.25) is 0 Å². The first-order valence-electron chi connectivity index (χ1n) is 15.2. The Labute approximate surface area is 277 Å². The lowest BCUT2D eigenvalue weighted by Crippen LogP contribution is -2.57. The predicted octanol–water partition coefficient (Wildman–Crippen LogP) is 10.3. The molecule has 284 valence electrons. The summed E-state index contributed by atoms with van der Waals surface area (Å²) < 4.78 is 191. The molecule has 0 fully saturated rings. The minimum atomic E-state index is -7.10. The quantitative estimate of drug-likeness (QED) is 0.0754. The zero-order chi connectivity index (χ0) is 37.4. The van der Waals surface area contributed by atoms with E-state index in [0.717, 1.165) is 40.8 Å². The van der Waals surface area contributed by atoms with Crippen LogP contribution in [0.4, 0.5) is 57.1 Å². The molecule has 2 aromatic carbocycles. The number of hydrogen-bond acceptors (Lipinski definition) is 6. The Bertz CT molecular complexity index is 1390. The van der Waals surface area contributed by atoms with Crippen molar-refractivity contribution in [3.05, 3.63) is 47.5 Å². The largest absolute Gasteiger partial charge is 0.527 e. The Hall–Kier alpha value is -3.03. The smallest absolute Gasteiger partial charge is 0.494 e. The molecule has 2 aromatic rings. The summed E-state index contributed by atoms with van der Waals surface area (Å²) in [7, 11) is 0. The van der Waals surface area contributed by atoms with Crippen LogP contribution in [-0.4, -0.2) is 63.3 Å². The number of unbranched alkanes of at least 4 members (excludes halogenated alkanes) is 5. The number of alkyl halides is 13. The van der Waals surface area contributed by atoms with E-state index < -0.39 is 50.1 Å². The van der Waals surface area contributed by atoms with Crippen molar-refractivity contribution in [2.75, 3.05) is 26.4 Å². The third-order valence-corrected chi connectivity index (χ3v) is 7.02. The molecule has 0 N–H and O–H groups in total. The predicted molar refractivity (Wildman–Crippen MR) is 149 cm³/mol. The Balaban J connectivity index is 1.41. The second-order valence-electron chi connectivity index (χ2n) is 11.1.